The summed E-state index contributed by atoms with van der Waals surface area (Å²) in [5, 5.41) is 0. The molecule has 0 spiro atoms. The maximum Gasteiger partial charge on any atom is 0.211 e. The lowest BCUT2D eigenvalue weighted by molar-refractivity contribution is 0.102. The number of hydrogen-bond donors (Lipinski definition) is 0. The highest BCUT2D eigenvalue weighted by Gasteiger charge is 2.27. The minimum atomic E-state index is -0.283. The Kier molecular flexibility index (Phi) is 3.41. The number of Topliss-reactive ketones (excluding diaryl/α,β-unsaturated/α-hetero) is 1. The first-order valence-corrected chi connectivity index (χ1v) is 6.92. The van der Waals surface area contributed by atoms with E-state index in [-0.39, 0.29) is 11.6 Å². The molecule has 0 aromatic heterocycles. The fourth-order valence-corrected chi connectivity index (χ4v) is 4.02. The largest absolute Gasteiger partial charge is 0.289 e. The van der Waals surface area contributed by atoms with Crippen LogP contribution in [0.1, 0.15) is 23.2 Å². The Morgan fingerprint density at radius 1 is 1.20 bits per heavy atom. The van der Waals surface area contributed by atoms with Crippen molar-refractivity contribution in [1.29, 1.82) is 0 Å². The quantitative estimate of drug-likeness (QED) is 0.570. The van der Waals surface area contributed by atoms with Crippen LogP contribution in [0.3, 0.4) is 0 Å². The summed E-state index contributed by atoms with van der Waals surface area (Å²) in [5.41, 5.74) is 0.649. The molecule has 1 aliphatic heterocycles. The SMILES string of the molecule is O=C(C[S+]1CCCC1)c1ccc(F)cc1. The van der Waals surface area contributed by atoms with E-state index in [0.29, 0.717) is 22.2 Å². The van der Waals surface area contributed by atoms with Crippen molar-refractivity contribution in [2.24, 2.45) is 0 Å². The zero-order valence-electron chi connectivity index (χ0n) is 8.54. The predicted molar refractivity (Wildman–Crippen MR) is 61.9 cm³/mol. The Morgan fingerprint density at radius 3 is 2.40 bits per heavy atom. The van der Waals surface area contributed by atoms with Gasteiger partial charge in [0.15, 0.2) is 5.75 Å². The minimum Gasteiger partial charge on any atom is -0.289 e. The van der Waals surface area contributed by atoms with E-state index in [1.807, 2.05) is 0 Å². The second kappa shape index (κ2) is 4.79. The molecular weight excluding hydrogens is 211 g/mol. The van der Waals surface area contributed by atoms with Crippen LogP contribution in [-0.4, -0.2) is 23.0 Å². The number of carbonyl (C=O) groups is 1. The first kappa shape index (κ1) is 10.7. The maximum atomic E-state index is 12.6. The molecule has 3 heteroatoms. The molecule has 0 bridgehead atoms. The highest BCUT2D eigenvalue weighted by atomic mass is 32.2. The second-order valence-corrected chi connectivity index (χ2v) is 6.13. The zero-order valence-corrected chi connectivity index (χ0v) is 9.36. The molecule has 1 aliphatic rings. The summed E-state index contributed by atoms with van der Waals surface area (Å²) in [6.07, 6.45) is 2.53. The molecule has 1 fully saturated rings. The lowest BCUT2D eigenvalue weighted by Crippen LogP contribution is -2.17. The summed E-state index contributed by atoms with van der Waals surface area (Å²) in [5.74, 6) is 2.95. The number of rotatable bonds is 3. The Balaban J connectivity index is 1.98. The molecule has 1 saturated heterocycles. The number of ketones is 1. The minimum absolute atomic E-state index is 0.167. The molecular formula is C12H14FOS+. The van der Waals surface area contributed by atoms with E-state index < -0.39 is 0 Å². The molecule has 0 radical (unpaired) electrons. The van der Waals surface area contributed by atoms with Crippen LogP contribution in [0.5, 0.6) is 0 Å². The number of benzene rings is 1. The Labute approximate surface area is 92.0 Å². The highest BCUT2D eigenvalue weighted by Crippen LogP contribution is 2.15. The van der Waals surface area contributed by atoms with Gasteiger partial charge in [-0.15, -0.1) is 0 Å². The molecule has 1 aromatic rings. The Morgan fingerprint density at radius 2 is 1.80 bits per heavy atom. The molecule has 2 rings (SSSR count). The van der Waals surface area contributed by atoms with Crippen LogP contribution in [0.25, 0.3) is 0 Å². The van der Waals surface area contributed by atoms with Gasteiger partial charge in [0.2, 0.25) is 5.78 Å². The van der Waals surface area contributed by atoms with Crippen LogP contribution in [0.2, 0.25) is 0 Å². The number of carbonyl (C=O) groups excluding carboxylic acids is 1. The summed E-state index contributed by atoms with van der Waals surface area (Å²) in [4.78, 5) is 11.8. The van der Waals surface area contributed by atoms with E-state index >= 15 is 0 Å². The molecule has 15 heavy (non-hydrogen) atoms. The van der Waals surface area contributed by atoms with Gasteiger partial charge < -0.3 is 0 Å². The van der Waals surface area contributed by atoms with E-state index in [9.17, 15) is 9.18 Å². The first-order valence-electron chi connectivity index (χ1n) is 5.18. The molecule has 1 aromatic carbocycles. The second-order valence-electron chi connectivity index (χ2n) is 3.80. The van der Waals surface area contributed by atoms with Gasteiger partial charge in [0, 0.05) is 5.56 Å². The van der Waals surface area contributed by atoms with E-state index in [0.717, 1.165) is 0 Å². The third-order valence-corrected chi connectivity index (χ3v) is 5.02. The number of halogens is 1. The molecule has 80 valence electrons. The highest BCUT2D eigenvalue weighted by molar-refractivity contribution is 7.97. The van der Waals surface area contributed by atoms with Gasteiger partial charge in [-0.05, 0) is 48.0 Å². The summed E-state index contributed by atoms with van der Waals surface area (Å²) in [7, 11) is 0.293. The monoisotopic (exact) mass is 225 g/mol. The summed E-state index contributed by atoms with van der Waals surface area (Å²) >= 11 is 0. The molecule has 1 heterocycles. The molecule has 0 unspecified atom stereocenters. The predicted octanol–water partition coefficient (Wildman–Crippen LogP) is 2.42. The van der Waals surface area contributed by atoms with Crippen molar-refractivity contribution >= 4 is 16.7 Å². The van der Waals surface area contributed by atoms with Crippen molar-refractivity contribution < 1.29 is 9.18 Å². The zero-order chi connectivity index (χ0) is 10.7. The average Bonchev–Trinajstić information content (AvgIpc) is 2.71. The van der Waals surface area contributed by atoms with E-state index in [1.54, 1.807) is 12.1 Å². The van der Waals surface area contributed by atoms with Gasteiger partial charge in [0.25, 0.3) is 0 Å². The average molecular weight is 225 g/mol. The molecule has 0 aliphatic carbocycles. The van der Waals surface area contributed by atoms with Gasteiger partial charge in [0.05, 0.1) is 0 Å². The molecule has 0 N–H and O–H groups in total. The van der Waals surface area contributed by atoms with Gasteiger partial charge >= 0.3 is 0 Å². The molecule has 0 atom stereocenters. The van der Waals surface area contributed by atoms with Crippen LogP contribution >= 0.6 is 0 Å². The summed E-state index contributed by atoms with van der Waals surface area (Å²) in [6, 6.07) is 5.87. The van der Waals surface area contributed by atoms with Gasteiger partial charge in [-0.2, -0.15) is 0 Å². The lowest BCUT2D eigenvalue weighted by atomic mass is 10.1. The van der Waals surface area contributed by atoms with Crippen LogP contribution < -0.4 is 0 Å². The van der Waals surface area contributed by atoms with Crippen molar-refractivity contribution in [1.82, 2.24) is 0 Å². The standard InChI is InChI=1S/C12H14FOS/c13-11-5-3-10(4-6-11)12(14)9-15-7-1-2-8-15/h3-6H,1-2,7-9H2/q+1. The third kappa shape index (κ3) is 2.81. The first-order chi connectivity index (χ1) is 7.25. The van der Waals surface area contributed by atoms with E-state index in [2.05, 4.69) is 0 Å². The van der Waals surface area contributed by atoms with Gasteiger partial charge in [-0.3, -0.25) is 4.79 Å². The van der Waals surface area contributed by atoms with Gasteiger partial charge in [0.1, 0.15) is 17.3 Å². The van der Waals surface area contributed by atoms with Gasteiger partial charge in [-0.1, -0.05) is 0 Å². The molecule has 0 amide bonds. The maximum absolute atomic E-state index is 12.6. The lowest BCUT2D eigenvalue weighted by Gasteiger charge is -2.00. The number of hydrogen-bond acceptors (Lipinski definition) is 1. The van der Waals surface area contributed by atoms with Crippen molar-refractivity contribution in [2.75, 3.05) is 17.3 Å². The van der Waals surface area contributed by atoms with E-state index in [4.69, 9.17) is 0 Å². The summed E-state index contributed by atoms with van der Waals surface area (Å²) in [6.45, 7) is 0. The normalized spacial score (nSPS) is 16.9. The van der Waals surface area contributed by atoms with E-state index in [1.165, 1.54) is 36.5 Å². The van der Waals surface area contributed by atoms with Gasteiger partial charge in [-0.25, -0.2) is 4.39 Å². The topological polar surface area (TPSA) is 17.1 Å². The fraction of sp³-hybridized carbons (Fsp3) is 0.417. The van der Waals surface area contributed by atoms with Crippen LogP contribution in [0, 0.1) is 5.82 Å². The Bertz CT molecular complexity index is 341. The Hall–Kier alpha value is -0.830. The van der Waals surface area contributed by atoms with Crippen LogP contribution in [-0.2, 0) is 10.9 Å². The van der Waals surface area contributed by atoms with Crippen LogP contribution in [0.15, 0.2) is 24.3 Å². The molecule has 0 saturated carbocycles. The van der Waals surface area contributed by atoms with Crippen molar-refractivity contribution in [3.63, 3.8) is 0 Å². The smallest absolute Gasteiger partial charge is 0.211 e. The third-order valence-electron chi connectivity index (χ3n) is 2.62. The van der Waals surface area contributed by atoms with Crippen molar-refractivity contribution in [3.05, 3.63) is 35.6 Å². The summed E-state index contributed by atoms with van der Waals surface area (Å²) < 4.78 is 12.6. The van der Waals surface area contributed by atoms with Crippen molar-refractivity contribution in [3.8, 4) is 0 Å². The van der Waals surface area contributed by atoms with Crippen LogP contribution in [0.4, 0.5) is 4.39 Å². The molecule has 1 nitrogen and oxygen atoms in total. The van der Waals surface area contributed by atoms with Crippen molar-refractivity contribution in [2.45, 2.75) is 12.8 Å². The fourth-order valence-electron chi connectivity index (χ4n) is 1.76.